The molecule has 7 atom stereocenters. The van der Waals surface area contributed by atoms with Gasteiger partial charge < -0.3 is 45.1 Å². The minimum Gasteiger partial charge on any atom is -0.466 e. The maximum absolute atomic E-state index is 13.0. The molecule has 1 heterocycles. The average Bonchev–Trinajstić information content (AvgIpc) is 3.47. The van der Waals surface area contributed by atoms with Gasteiger partial charge in [0.15, 0.2) is 6.29 Å². The number of hydrogen-bond donors (Lipinski definition) is 6. The van der Waals surface area contributed by atoms with Crippen LogP contribution in [0.2, 0.25) is 0 Å². The van der Waals surface area contributed by atoms with Crippen LogP contribution in [0.4, 0.5) is 0 Å². The molecule has 80 heavy (non-hydrogen) atoms. The van der Waals surface area contributed by atoms with Gasteiger partial charge in [-0.25, -0.2) is 0 Å². The molecule has 1 aliphatic heterocycles. The first-order chi connectivity index (χ1) is 39.2. The van der Waals surface area contributed by atoms with Crippen LogP contribution in [-0.2, 0) is 23.8 Å². The monoisotopic (exact) mass is 1120 g/mol. The van der Waals surface area contributed by atoms with Crippen LogP contribution in [0, 0.1) is 0 Å². The van der Waals surface area contributed by atoms with Gasteiger partial charge in [-0.3, -0.25) is 9.59 Å². The van der Waals surface area contributed by atoms with Crippen molar-refractivity contribution in [2.24, 2.45) is 0 Å². The highest BCUT2D eigenvalue weighted by Gasteiger charge is 2.44. The van der Waals surface area contributed by atoms with E-state index in [2.05, 4.69) is 92.1 Å². The van der Waals surface area contributed by atoms with Crippen molar-refractivity contribution in [3.05, 3.63) is 85.1 Å². The molecule has 1 amide bonds. The second-order valence-corrected chi connectivity index (χ2v) is 22.4. The quantitative estimate of drug-likeness (QED) is 0.0195. The third-order valence-electron chi connectivity index (χ3n) is 14.9. The molecule has 0 aromatic carbocycles. The Hall–Kier alpha value is -3.16. The largest absolute Gasteiger partial charge is 0.466 e. The number of nitrogens with one attached hydrogen (secondary N) is 1. The van der Waals surface area contributed by atoms with Crippen molar-refractivity contribution < 1.29 is 49.3 Å². The molecule has 11 nitrogen and oxygen atoms in total. The summed E-state index contributed by atoms with van der Waals surface area (Å²) in [5, 5.41) is 54.2. The molecule has 1 aliphatic rings. The van der Waals surface area contributed by atoms with Crippen LogP contribution in [0.5, 0.6) is 0 Å². The maximum atomic E-state index is 13.0. The molecule has 462 valence electrons. The summed E-state index contributed by atoms with van der Waals surface area (Å²) in [4.78, 5) is 25.1. The topological polar surface area (TPSA) is 175 Å². The van der Waals surface area contributed by atoms with Crippen LogP contribution in [0.3, 0.4) is 0 Å². The van der Waals surface area contributed by atoms with Crippen molar-refractivity contribution in [2.75, 3.05) is 19.8 Å². The van der Waals surface area contributed by atoms with Gasteiger partial charge in [-0.05, 0) is 116 Å². The molecule has 0 aliphatic carbocycles. The molecule has 0 spiro atoms. The zero-order valence-electron chi connectivity index (χ0n) is 51.0. The summed E-state index contributed by atoms with van der Waals surface area (Å²) in [5.74, 6) is -0.221. The van der Waals surface area contributed by atoms with E-state index in [4.69, 9.17) is 14.2 Å². The smallest absolute Gasteiger partial charge is 0.305 e. The third kappa shape index (κ3) is 46.3. The summed E-state index contributed by atoms with van der Waals surface area (Å²) < 4.78 is 16.7. The molecule has 1 rings (SSSR count). The summed E-state index contributed by atoms with van der Waals surface area (Å²) in [7, 11) is 0. The zero-order valence-corrected chi connectivity index (χ0v) is 51.0. The van der Waals surface area contributed by atoms with Crippen molar-refractivity contribution in [1.29, 1.82) is 0 Å². The van der Waals surface area contributed by atoms with Crippen LogP contribution >= 0.6 is 0 Å². The van der Waals surface area contributed by atoms with E-state index >= 15 is 0 Å². The maximum Gasteiger partial charge on any atom is 0.305 e. The number of amides is 1. The minimum atomic E-state index is -1.58. The lowest BCUT2D eigenvalue weighted by Crippen LogP contribution is -2.60. The van der Waals surface area contributed by atoms with Gasteiger partial charge >= 0.3 is 5.97 Å². The molecule has 0 saturated carbocycles. The van der Waals surface area contributed by atoms with E-state index in [0.29, 0.717) is 25.9 Å². The third-order valence-corrected chi connectivity index (χ3v) is 14.9. The van der Waals surface area contributed by atoms with Crippen molar-refractivity contribution in [3.8, 4) is 0 Å². The first kappa shape index (κ1) is 74.9. The van der Waals surface area contributed by atoms with Gasteiger partial charge in [-0.1, -0.05) is 234 Å². The van der Waals surface area contributed by atoms with E-state index in [1.54, 1.807) is 6.08 Å². The highest BCUT2D eigenvalue weighted by Crippen LogP contribution is 2.23. The standard InChI is InChI=1S/C69H121NO10/c1-3-5-7-9-11-13-15-16-17-18-24-28-31-34-37-41-45-49-53-57-65(74)78-58-54-50-46-42-38-35-32-29-26-23-21-19-20-22-25-27-30-33-36-40-44-48-52-56-64(73)70-61(60-79-69-68(77)67(76)66(75)63(59-71)80-69)62(72)55-51-47-43-39-14-12-10-8-6-4-2/h6,8,11,13-14,16-17,19,21-22,25,39,51,55,61-63,66-69,71-72,75-77H,3-5,7,9-10,12,15,18,20,23-24,26-38,40-50,52-54,56-60H2,1-2H3,(H,70,73)/b8-6+,13-11-,17-16-,21-19-,25-22-,39-14+,55-51+. The molecule has 7 unspecified atom stereocenters. The van der Waals surface area contributed by atoms with Crippen LogP contribution in [-0.4, -0.2) is 100 Å². The van der Waals surface area contributed by atoms with E-state index in [-0.39, 0.29) is 18.5 Å². The lowest BCUT2D eigenvalue weighted by Gasteiger charge is -2.40. The van der Waals surface area contributed by atoms with E-state index in [9.17, 15) is 35.1 Å². The second kappa shape index (κ2) is 57.6. The lowest BCUT2D eigenvalue weighted by atomic mass is 9.99. The molecule has 11 heteroatoms. The van der Waals surface area contributed by atoms with Crippen LogP contribution < -0.4 is 5.32 Å². The molecule has 0 aromatic rings. The van der Waals surface area contributed by atoms with E-state index < -0.39 is 49.5 Å². The van der Waals surface area contributed by atoms with Crippen LogP contribution in [0.25, 0.3) is 0 Å². The fraction of sp³-hybridized carbons (Fsp3) is 0.768. The number of hydrogen-bond acceptors (Lipinski definition) is 10. The summed E-state index contributed by atoms with van der Waals surface area (Å²) >= 11 is 0. The highest BCUT2D eigenvalue weighted by atomic mass is 16.7. The molecular weight excluding hydrogens is 1000 g/mol. The van der Waals surface area contributed by atoms with Crippen molar-refractivity contribution in [2.45, 2.75) is 320 Å². The molecule has 0 aromatic heterocycles. The van der Waals surface area contributed by atoms with Crippen molar-refractivity contribution in [3.63, 3.8) is 0 Å². The Labute approximate surface area is 489 Å². The summed E-state index contributed by atoms with van der Waals surface area (Å²) in [6, 6.07) is -0.843. The number of esters is 1. The number of allylic oxidation sites excluding steroid dienone is 13. The molecule has 0 bridgehead atoms. The Balaban J connectivity index is 2.00. The summed E-state index contributed by atoms with van der Waals surface area (Å²) in [6.45, 7) is 4.16. The number of carbonyl (C=O) groups excluding carboxylic acids is 2. The summed E-state index contributed by atoms with van der Waals surface area (Å²) in [5.41, 5.74) is 0. The van der Waals surface area contributed by atoms with Gasteiger partial charge in [-0.15, -0.1) is 0 Å². The molecular formula is C69H121NO10. The minimum absolute atomic E-state index is 0.0103. The lowest BCUT2D eigenvalue weighted by molar-refractivity contribution is -0.302. The molecule has 1 fully saturated rings. The molecule has 0 radical (unpaired) electrons. The highest BCUT2D eigenvalue weighted by molar-refractivity contribution is 5.76. The Morgan fingerprint density at radius 3 is 1.36 bits per heavy atom. The van der Waals surface area contributed by atoms with Gasteiger partial charge in [0.2, 0.25) is 5.91 Å². The van der Waals surface area contributed by atoms with Gasteiger partial charge in [0.25, 0.3) is 0 Å². The normalized spacial score (nSPS) is 18.9. The van der Waals surface area contributed by atoms with Crippen LogP contribution in [0.1, 0.15) is 277 Å². The fourth-order valence-corrected chi connectivity index (χ4v) is 9.77. The van der Waals surface area contributed by atoms with Gasteiger partial charge in [-0.2, -0.15) is 0 Å². The second-order valence-electron chi connectivity index (χ2n) is 22.4. The number of carbonyl (C=O) groups is 2. The average molecular weight is 1120 g/mol. The number of rotatable bonds is 56. The summed E-state index contributed by atoms with van der Waals surface area (Å²) in [6.07, 6.45) is 68.5. The van der Waals surface area contributed by atoms with Crippen molar-refractivity contribution in [1.82, 2.24) is 5.32 Å². The Morgan fingerprint density at radius 2 is 0.887 bits per heavy atom. The van der Waals surface area contributed by atoms with Crippen molar-refractivity contribution >= 4 is 11.9 Å². The van der Waals surface area contributed by atoms with E-state index in [1.165, 1.54) is 141 Å². The Bertz CT molecular complexity index is 1600. The Kier molecular flexibility index (Phi) is 53.9. The van der Waals surface area contributed by atoms with E-state index in [0.717, 1.165) is 103 Å². The SMILES string of the molecule is CC/C=C/CC/C=C/CC/C=C/C(O)C(COC1OC(CO)C(O)C(O)C1O)NC(=O)CCCCCCCCC/C=C\C/C=C\CCCCCCCCCCCOC(=O)CCCCCCCCCCC/C=C\C/C=C\CCCCC. The molecule has 6 N–H and O–H groups in total. The predicted octanol–water partition coefficient (Wildman–Crippen LogP) is 16.1. The van der Waals surface area contributed by atoms with Gasteiger partial charge in [0.05, 0.1) is 32.0 Å². The number of unbranched alkanes of at least 4 members (excludes halogenated alkanes) is 30. The predicted molar refractivity (Wildman–Crippen MR) is 333 cm³/mol. The zero-order chi connectivity index (χ0) is 58.0. The number of aliphatic hydroxyl groups is 5. The van der Waals surface area contributed by atoms with Gasteiger partial charge in [0.1, 0.15) is 24.4 Å². The number of ether oxygens (including phenoxy) is 3. The first-order valence-corrected chi connectivity index (χ1v) is 32.9. The Morgan fingerprint density at radius 1 is 0.475 bits per heavy atom. The number of aliphatic hydroxyl groups excluding tert-OH is 5. The fourth-order valence-electron chi connectivity index (χ4n) is 9.77. The van der Waals surface area contributed by atoms with Gasteiger partial charge in [0, 0.05) is 12.8 Å². The molecule has 1 saturated heterocycles. The van der Waals surface area contributed by atoms with Crippen LogP contribution in [0.15, 0.2) is 85.1 Å². The first-order valence-electron chi connectivity index (χ1n) is 32.9. The van der Waals surface area contributed by atoms with E-state index in [1.807, 2.05) is 6.08 Å².